The molecule has 1 amide bonds. The highest BCUT2D eigenvalue weighted by Crippen LogP contribution is 2.20. The van der Waals surface area contributed by atoms with Crippen LogP contribution in [0.2, 0.25) is 0 Å². The molecular weight excluding hydrogens is 376 g/mol. The molecule has 1 heterocycles. The molecule has 146 valence electrons. The molecule has 0 spiro atoms. The van der Waals surface area contributed by atoms with Crippen LogP contribution >= 0.6 is 11.8 Å². The molecule has 2 aromatic carbocycles. The molecule has 0 saturated heterocycles. The third-order valence-corrected chi connectivity index (χ3v) is 5.02. The molecule has 3 rings (SSSR count). The van der Waals surface area contributed by atoms with Crippen LogP contribution in [0.3, 0.4) is 0 Å². The van der Waals surface area contributed by atoms with E-state index in [0.717, 1.165) is 5.75 Å². The lowest BCUT2D eigenvalue weighted by molar-refractivity contribution is -0.113. The second-order valence-electron chi connectivity index (χ2n) is 6.13. The number of anilines is 1. The van der Waals surface area contributed by atoms with Crippen LogP contribution in [0.4, 0.5) is 5.69 Å². The second-order valence-corrected chi connectivity index (χ2v) is 7.07. The Labute approximate surface area is 168 Å². The molecule has 0 radical (unpaired) electrons. The quantitative estimate of drug-likeness (QED) is 0.586. The lowest BCUT2D eigenvalue weighted by Gasteiger charge is -2.08. The molecule has 1 aromatic heterocycles. The lowest BCUT2D eigenvalue weighted by atomic mass is 10.2. The van der Waals surface area contributed by atoms with Crippen LogP contribution in [0.1, 0.15) is 11.4 Å². The van der Waals surface area contributed by atoms with Crippen molar-refractivity contribution >= 4 is 23.4 Å². The maximum absolute atomic E-state index is 12.2. The number of carbonyl (C=O) groups excluding carboxylic acids is 1. The molecule has 3 aromatic rings. The molecule has 0 aliphatic rings. The molecule has 1 N–H and O–H groups in total. The number of methoxy groups -OCH3 is 1. The van der Waals surface area contributed by atoms with Crippen LogP contribution < -0.4 is 14.8 Å². The van der Waals surface area contributed by atoms with E-state index in [4.69, 9.17) is 9.47 Å². The summed E-state index contributed by atoms with van der Waals surface area (Å²) in [5.74, 6) is 2.26. The van der Waals surface area contributed by atoms with Gasteiger partial charge in [0.15, 0.2) is 11.0 Å². The van der Waals surface area contributed by atoms with Gasteiger partial charge in [0, 0.05) is 18.8 Å². The Balaban J connectivity index is 1.52. The number of hydrogen-bond acceptors (Lipinski definition) is 6. The number of nitrogens with one attached hydrogen (secondary N) is 1. The standard InChI is InChI=1S/C20H22N4O3S/c1-14-7-9-16(10-8-14)27-12-18-22-23-20(24(18)2)28-13-19(25)21-15-5-4-6-17(11-15)26-3/h4-11H,12-13H2,1-3H3,(H,21,25). The number of amides is 1. The van der Waals surface area contributed by atoms with E-state index >= 15 is 0 Å². The Bertz CT molecular complexity index is 941. The molecular formula is C20H22N4O3S. The van der Waals surface area contributed by atoms with E-state index in [-0.39, 0.29) is 11.7 Å². The molecule has 0 aliphatic heterocycles. The van der Waals surface area contributed by atoms with Gasteiger partial charge in [0.05, 0.1) is 12.9 Å². The predicted octanol–water partition coefficient (Wildman–Crippen LogP) is 3.44. The number of carbonyl (C=O) groups is 1. The molecule has 0 bridgehead atoms. The van der Waals surface area contributed by atoms with Crippen molar-refractivity contribution in [1.29, 1.82) is 0 Å². The molecule has 0 unspecified atom stereocenters. The summed E-state index contributed by atoms with van der Waals surface area (Å²) in [5, 5.41) is 11.8. The first kappa shape index (κ1) is 19.8. The molecule has 0 fully saturated rings. The molecule has 7 nitrogen and oxygen atoms in total. The maximum Gasteiger partial charge on any atom is 0.234 e. The third kappa shape index (κ3) is 5.26. The lowest BCUT2D eigenvalue weighted by Crippen LogP contribution is -2.14. The van der Waals surface area contributed by atoms with E-state index in [2.05, 4.69) is 15.5 Å². The van der Waals surface area contributed by atoms with Crippen LogP contribution in [-0.2, 0) is 18.4 Å². The molecule has 0 atom stereocenters. The van der Waals surface area contributed by atoms with Gasteiger partial charge in [-0.2, -0.15) is 0 Å². The van der Waals surface area contributed by atoms with Crippen molar-refractivity contribution in [2.24, 2.45) is 7.05 Å². The first-order valence-electron chi connectivity index (χ1n) is 8.69. The topological polar surface area (TPSA) is 78.3 Å². The van der Waals surface area contributed by atoms with Gasteiger partial charge in [-0.05, 0) is 31.2 Å². The Morgan fingerprint density at radius 1 is 1.14 bits per heavy atom. The van der Waals surface area contributed by atoms with Crippen LogP contribution in [0.5, 0.6) is 11.5 Å². The van der Waals surface area contributed by atoms with Gasteiger partial charge in [-0.25, -0.2) is 0 Å². The van der Waals surface area contributed by atoms with Gasteiger partial charge in [-0.1, -0.05) is 35.5 Å². The fourth-order valence-corrected chi connectivity index (χ4v) is 3.14. The summed E-state index contributed by atoms with van der Waals surface area (Å²) in [5.41, 5.74) is 1.87. The van der Waals surface area contributed by atoms with Gasteiger partial charge in [-0.15, -0.1) is 10.2 Å². The zero-order valence-electron chi connectivity index (χ0n) is 16.0. The summed E-state index contributed by atoms with van der Waals surface area (Å²) in [7, 11) is 3.45. The van der Waals surface area contributed by atoms with E-state index in [1.165, 1.54) is 17.3 Å². The predicted molar refractivity (Wildman–Crippen MR) is 109 cm³/mol. The first-order chi connectivity index (χ1) is 13.5. The summed E-state index contributed by atoms with van der Waals surface area (Å²) >= 11 is 1.32. The molecule has 28 heavy (non-hydrogen) atoms. The number of aryl methyl sites for hydroxylation is 1. The van der Waals surface area contributed by atoms with Crippen molar-refractivity contribution < 1.29 is 14.3 Å². The summed E-state index contributed by atoms with van der Waals surface area (Å²) in [6, 6.07) is 15.1. The highest BCUT2D eigenvalue weighted by molar-refractivity contribution is 7.99. The maximum atomic E-state index is 12.2. The monoisotopic (exact) mass is 398 g/mol. The average molecular weight is 398 g/mol. The summed E-state index contributed by atoms with van der Waals surface area (Å²) < 4.78 is 12.7. The number of rotatable bonds is 8. The fraction of sp³-hybridized carbons (Fsp3) is 0.250. The summed E-state index contributed by atoms with van der Waals surface area (Å²) in [4.78, 5) is 12.2. The molecule has 8 heteroatoms. The van der Waals surface area contributed by atoms with E-state index in [9.17, 15) is 4.79 Å². The molecule has 0 saturated carbocycles. The van der Waals surface area contributed by atoms with Crippen LogP contribution in [0.25, 0.3) is 0 Å². The number of nitrogens with zero attached hydrogens (tertiary/aromatic N) is 3. The zero-order valence-corrected chi connectivity index (χ0v) is 16.8. The largest absolute Gasteiger partial charge is 0.497 e. The molecule has 0 aliphatic carbocycles. The number of benzene rings is 2. The smallest absolute Gasteiger partial charge is 0.234 e. The van der Waals surface area contributed by atoms with E-state index in [1.54, 1.807) is 13.2 Å². The zero-order chi connectivity index (χ0) is 19.9. The van der Waals surface area contributed by atoms with Crippen molar-refractivity contribution in [3.63, 3.8) is 0 Å². The highest BCUT2D eigenvalue weighted by Gasteiger charge is 2.12. The number of hydrogen-bond donors (Lipinski definition) is 1. The SMILES string of the molecule is COc1cccc(NC(=O)CSc2nnc(COc3ccc(C)cc3)n2C)c1. The van der Waals surface area contributed by atoms with Crippen molar-refractivity contribution in [2.75, 3.05) is 18.2 Å². The summed E-state index contributed by atoms with van der Waals surface area (Å²) in [6.07, 6.45) is 0. The highest BCUT2D eigenvalue weighted by atomic mass is 32.2. The second kappa shape index (κ2) is 9.27. The van der Waals surface area contributed by atoms with Crippen LogP contribution in [0, 0.1) is 6.92 Å². The van der Waals surface area contributed by atoms with Crippen LogP contribution in [-0.4, -0.2) is 33.5 Å². The Hall–Kier alpha value is -3.00. The average Bonchev–Trinajstić information content (AvgIpc) is 3.05. The van der Waals surface area contributed by atoms with Gasteiger partial charge in [-0.3, -0.25) is 4.79 Å². The first-order valence-corrected chi connectivity index (χ1v) is 9.68. The Morgan fingerprint density at radius 3 is 2.68 bits per heavy atom. The van der Waals surface area contributed by atoms with E-state index < -0.39 is 0 Å². The number of aromatic nitrogens is 3. The third-order valence-electron chi connectivity index (χ3n) is 4.00. The van der Waals surface area contributed by atoms with Crippen molar-refractivity contribution in [2.45, 2.75) is 18.7 Å². The van der Waals surface area contributed by atoms with Gasteiger partial charge < -0.3 is 19.4 Å². The van der Waals surface area contributed by atoms with E-state index in [1.807, 2.05) is 61.0 Å². The number of ether oxygens (including phenoxy) is 2. The fourth-order valence-electron chi connectivity index (χ4n) is 2.41. The van der Waals surface area contributed by atoms with Crippen molar-refractivity contribution in [3.8, 4) is 11.5 Å². The minimum atomic E-state index is -0.126. The van der Waals surface area contributed by atoms with Crippen LogP contribution in [0.15, 0.2) is 53.7 Å². The normalized spacial score (nSPS) is 10.5. The van der Waals surface area contributed by atoms with Crippen molar-refractivity contribution in [1.82, 2.24) is 14.8 Å². The number of thioether (sulfide) groups is 1. The van der Waals surface area contributed by atoms with Gasteiger partial charge in [0.1, 0.15) is 18.1 Å². The Kier molecular flexibility index (Phi) is 6.54. The van der Waals surface area contributed by atoms with Gasteiger partial charge in [0.2, 0.25) is 5.91 Å². The van der Waals surface area contributed by atoms with Gasteiger partial charge >= 0.3 is 0 Å². The Morgan fingerprint density at radius 2 is 1.93 bits per heavy atom. The summed E-state index contributed by atoms with van der Waals surface area (Å²) in [6.45, 7) is 2.34. The van der Waals surface area contributed by atoms with E-state index in [0.29, 0.717) is 29.0 Å². The van der Waals surface area contributed by atoms with Crippen molar-refractivity contribution in [3.05, 3.63) is 59.9 Å². The minimum absolute atomic E-state index is 0.126. The van der Waals surface area contributed by atoms with Gasteiger partial charge in [0.25, 0.3) is 0 Å². The minimum Gasteiger partial charge on any atom is -0.497 e.